The van der Waals surface area contributed by atoms with Crippen LogP contribution in [0.25, 0.3) is 5.57 Å². The maximum Gasteiger partial charge on any atom is 0.251 e. The second-order valence-electron chi connectivity index (χ2n) is 7.48. The third-order valence-corrected chi connectivity index (χ3v) is 4.07. The molecule has 0 radical (unpaired) electrons. The Morgan fingerprint density at radius 1 is 1.17 bits per heavy atom. The standard InChI is InChI=1S/C20H30N2O2/c1-16(15-20(2,3)4)17-5-7-18(8-6-17)19(23)21-9-10-22-11-13-24-14-12-22/h5-8,15H,9-14H2,1-4H3,(H,21,23). The maximum absolute atomic E-state index is 12.2. The first-order valence-corrected chi connectivity index (χ1v) is 8.73. The molecule has 132 valence electrons. The van der Waals surface area contributed by atoms with Crippen LogP contribution in [0.4, 0.5) is 0 Å². The Morgan fingerprint density at radius 3 is 2.33 bits per heavy atom. The van der Waals surface area contributed by atoms with Crippen molar-refractivity contribution < 1.29 is 9.53 Å². The van der Waals surface area contributed by atoms with Gasteiger partial charge >= 0.3 is 0 Å². The van der Waals surface area contributed by atoms with Gasteiger partial charge in [-0.2, -0.15) is 0 Å². The number of hydrogen-bond acceptors (Lipinski definition) is 3. The van der Waals surface area contributed by atoms with Gasteiger partial charge in [-0.3, -0.25) is 9.69 Å². The molecule has 1 heterocycles. The summed E-state index contributed by atoms with van der Waals surface area (Å²) in [6, 6.07) is 7.85. The van der Waals surface area contributed by atoms with E-state index in [2.05, 4.69) is 44.0 Å². The summed E-state index contributed by atoms with van der Waals surface area (Å²) in [5.41, 5.74) is 3.26. The van der Waals surface area contributed by atoms with E-state index in [1.807, 2.05) is 24.3 Å². The second kappa shape index (κ2) is 8.45. The van der Waals surface area contributed by atoms with Gasteiger partial charge in [0.1, 0.15) is 0 Å². The van der Waals surface area contributed by atoms with Crippen LogP contribution in [0.15, 0.2) is 30.3 Å². The molecule has 4 heteroatoms. The molecule has 1 saturated heterocycles. The van der Waals surface area contributed by atoms with Crippen LogP contribution in [-0.2, 0) is 4.74 Å². The highest BCUT2D eigenvalue weighted by molar-refractivity contribution is 5.94. The minimum atomic E-state index is -0.00716. The first-order chi connectivity index (χ1) is 11.3. The number of amides is 1. The Bertz CT molecular complexity index is 564. The normalized spacial score (nSPS) is 16.9. The zero-order valence-electron chi connectivity index (χ0n) is 15.4. The number of ether oxygens (including phenoxy) is 1. The van der Waals surface area contributed by atoms with Gasteiger partial charge in [-0.1, -0.05) is 39.0 Å². The molecule has 0 saturated carbocycles. The number of benzene rings is 1. The van der Waals surface area contributed by atoms with Crippen LogP contribution < -0.4 is 5.32 Å². The van der Waals surface area contributed by atoms with Crippen LogP contribution in [0.3, 0.4) is 0 Å². The molecule has 1 aliphatic heterocycles. The molecule has 0 unspecified atom stereocenters. The highest BCUT2D eigenvalue weighted by Crippen LogP contribution is 2.23. The fraction of sp³-hybridized carbons (Fsp3) is 0.550. The summed E-state index contributed by atoms with van der Waals surface area (Å²) < 4.78 is 5.32. The highest BCUT2D eigenvalue weighted by atomic mass is 16.5. The number of hydrogen-bond donors (Lipinski definition) is 1. The number of carbonyl (C=O) groups excluding carboxylic acids is 1. The van der Waals surface area contributed by atoms with Crippen molar-refractivity contribution in [3.8, 4) is 0 Å². The molecule has 1 aromatic rings. The topological polar surface area (TPSA) is 41.6 Å². The van der Waals surface area contributed by atoms with Gasteiger partial charge in [0, 0.05) is 31.7 Å². The van der Waals surface area contributed by atoms with E-state index in [0.29, 0.717) is 12.1 Å². The zero-order chi connectivity index (χ0) is 17.6. The fourth-order valence-electron chi connectivity index (χ4n) is 2.87. The molecule has 24 heavy (non-hydrogen) atoms. The maximum atomic E-state index is 12.2. The molecule has 2 rings (SSSR count). The monoisotopic (exact) mass is 330 g/mol. The zero-order valence-corrected chi connectivity index (χ0v) is 15.4. The van der Waals surface area contributed by atoms with E-state index in [9.17, 15) is 4.79 Å². The molecule has 1 fully saturated rings. The van der Waals surface area contributed by atoms with E-state index in [1.165, 1.54) is 5.57 Å². The first-order valence-electron chi connectivity index (χ1n) is 8.73. The first kappa shape index (κ1) is 18.7. The van der Waals surface area contributed by atoms with E-state index < -0.39 is 0 Å². The van der Waals surface area contributed by atoms with Crippen molar-refractivity contribution in [1.29, 1.82) is 0 Å². The lowest BCUT2D eigenvalue weighted by Crippen LogP contribution is -2.41. The summed E-state index contributed by atoms with van der Waals surface area (Å²) in [5.74, 6) is -0.00716. The smallest absolute Gasteiger partial charge is 0.251 e. The van der Waals surface area contributed by atoms with E-state index in [-0.39, 0.29) is 11.3 Å². The molecule has 0 atom stereocenters. The summed E-state index contributed by atoms with van der Waals surface area (Å²) in [5, 5.41) is 3.00. The third kappa shape index (κ3) is 6.10. The molecule has 1 aliphatic rings. The Morgan fingerprint density at radius 2 is 1.75 bits per heavy atom. The Balaban J connectivity index is 1.85. The number of allylic oxidation sites excluding steroid dienone is 2. The minimum Gasteiger partial charge on any atom is -0.379 e. The van der Waals surface area contributed by atoms with Gasteiger partial charge in [0.2, 0.25) is 0 Å². The lowest BCUT2D eigenvalue weighted by atomic mass is 9.91. The van der Waals surface area contributed by atoms with Gasteiger partial charge in [0.05, 0.1) is 13.2 Å². The molecule has 1 amide bonds. The average molecular weight is 330 g/mol. The van der Waals surface area contributed by atoms with E-state index in [0.717, 1.165) is 38.4 Å². The molecule has 0 bridgehead atoms. The third-order valence-electron chi connectivity index (χ3n) is 4.07. The van der Waals surface area contributed by atoms with E-state index >= 15 is 0 Å². The highest BCUT2D eigenvalue weighted by Gasteiger charge is 2.11. The van der Waals surface area contributed by atoms with Gasteiger partial charge in [-0.15, -0.1) is 0 Å². The lowest BCUT2D eigenvalue weighted by molar-refractivity contribution is 0.0383. The second-order valence-corrected chi connectivity index (χ2v) is 7.48. The van der Waals surface area contributed by atoms with Crippen LogP contribution >= 0.6 is 0 Å². The molecular formula is C20H30N2O2. The van der Waals surface area contributed by atoms with Crippen LogP contribution in [0, 0.1) is 5.41 Å². The predicted octanol–water partition coefficient (Wildman–Crippen LogP) is 3.20. The van der Waals surface area contributed by atoms with Gasteiger partial charge in [0.25, 0.3) is 5.91 Å². The van der Waals surface area contributed by atoms with Crippen molar-refractivity contribution in [2.45, 2.75) is 27.7 Å². The van der Waals surface area contributed by atoms with E-state index in [1.54, 1.807) is 0 Å². The number of carbonyl (C=O) groups is 1. The molecule has 1 N–H and O–H groups in total. The van der Waals surface area contributed by atoms with Crippen molar-refractivity contribution in [2.75, 3.05) is 39.4 Å². The Kier molecular flexibility index (Phi) is 6.58. The summed E-state index contributed by atoms with van der Waals surface area (Å²) in [4.78, 5) is 14.5. The van der Waals surface area contributed by atoms with Crippen molar-refractivity contribution in [3.63, 3.8) is 0 Å². The van der Waals surface area contributed by atoms with Gasteiger partial charge in [0.15, 0.2) is 0 Å². The summed E-state index contributed by atoms with van der Waals surface area (Å²) in [7, 11) is 0. The molecule has 0 spiro atoms. The van der Waals surface area contributed by atoms with Crippen molar-refractivity contribution in [1.82, 2.24) is 10.2 Å². The summed E-state index contributed by atoms with van der Waals surface area (Å²) in [6.07, 6.45) is 2.25. The van der Waals surface area contributed by atoms with Gasteiger partial charge < -0.3 is 10.1 Å². The van der Waals surface area contributed by atoms with Crippen LogP contribution in [0.2, 0.25) is 0 Å². The van der Waals surface area contributed by atoms with Crippen LogP contribution in [0.5, 0.6) is 0 Å². The van der Waals surface area contributed by atoms with Gasteiger partial charge in [-0.05, 0) is 35.6 Å². The summed E-state index contributed by atoms with van der Waals surface area (Å²) >= 11 is 0. The summed E-state index contributed by atoms with van der Waals surface area (Å²) in [6.45, 7) is 13.7. The SMILES string of the molecule is CC(=CC(C)(C)C)c1ccc(C(=O)NCCN2CCOCC2)cc1. The molecule has 1 aromatic carbocycles. The van der Waals surface area contributed by atoms with Crippen LogP contribution in [-0.4, -0.2) is 50.2 Å². The van der Waals surface area contributed by atoms with Gasteiger partial charge in [-0.25, -0.2) is 0 Å². The molecule has 0 aromatic heterocycles. The molecule has 4 nitrogen and oxygen atoms in total. The largest absolute Gasteiger partial charge is 0.379 e. The lowest BCUT2D eigenvalue weighted by Gasteiger charge is -2.26. The molecular weight excluding hydrogens is 300 g/mol. The van der Waals surface area contributed by atoms with Crippen molar-refractivity contribution in [2.24, 2.45) is 5.41 Å². The predicted molar refractivity (Wildman–Crippen MR) is 99.1 cm³/mol. The Hall–Kier alpha value is -1.65. The number of rotatable bonds is 5. The number of nitrogens with one attached hydrogen (secondary N) is 1. The fourth-order valence-corrected chi connectivity index (χ4v) is 2.87. The van der Waals surface area contributed by atoms with Crippen molar-refractivity contribution in [3.05, 3.63) is 41.5 Å². The quantitative estimate of drug-likeness (QED) is 0.901. The number of nitrogens with zero attached hydrogens (tertiary/aromatic N) is 1. The van der Waals surface area contributed by atoms with E-state index in [4.69, 9.17) is 4.74 Å². The average Bonchev–Trinajstić information content (AvgIpc) is 2.54. The van der Waals surface area contributed by atoms with Crippen LogP contribution in [0.1, 0.15) is 43.6 Å². The van der Waals surface area contributed by atoms with Crippen molar-refractivity contribution >= 4 is 11.5 Å². The molecule has 0 aliphatic carbocycles. The number of morpholine rings is 1. The minimum absolute atomic E-state index is 0.00716. The Labute approximate surface area is 145 Å².